The molecule has 0 spiro atoms. The van der Waals surface area contributed by atoms with Crippen LogP contribution < -0.4 is 4.90 Å². The summed E-state index contributed by atoms with van der Waals surface area (Å²) in [6, 6.07) is 1.99. The maximum Gasteiger partial charge on any atom is 0.306 e. The van der Waals surface area contributed by atoms with Crippen molar-refractivity contribution in [2.24, 2.45) is 5.92 Å². The van der Waals surface area contributed by atoms with Crippen LogP contribution in [0, 0.1) is 21.8 Å². The van der Waals surface area contributed by atoms with Gasteiger partial charge in [0.25, 0.3) is 0 Å². The van der Waals surface area contributed by atoms with Gasteiger partial charge < -0.3 is 10.0 Å². The van der Waals surface area contributed by atoms with Crippen molar-refractivity contribution in [1.82, 2.24) is 0 Å². The monoisotopic (exact) mass is 332 g/mol. The lowest BCUT2D eigenvalue weighted by atomic mass is 10.1. The number of nitro groups is 1. The van der Waals surface area contributed by atoms with Crippen molar-refractivity contribution in [1.29, 1.82) is 0 Å². The predicted octanol–water partition coefficient (Wildman–Crippen LogP) is 1.84. The maximum atomic E-state index is 13.4. The Morgan fingerprint density at radius 2 is 2.26 bits per heavy atom. The normalized spacial score (nSPS) is 19.0. The van der Waals surface area contributed by atoms with Crippen LogP contribution in [0.3, 0.4) is 0 Å². The first kappa shape index (κ1) is 13.9. The van der Waals surface area contributed by atoms with Crippen molar-refractivity contribution >= 4 is 33.2 Å². The van der Waals surface area contributed by atoms with Gasteiger partial charge in [0.05, 0.1) is 10.6 Å². The van der Waals surface area contributed by atoms with Crippen molar-refractivity contribution in [2.45, 2.75) is 6.42 Å². The molecule has 1 N–H and O–H groups in total. The average Bonchev–Trinajstić information content (AvgIpc) is 2.70. The summed E-state index contributed by atoms with van der Waals surface area (Å²) in [5.41, 5.74) is -0.438. The molecule has 0 radical (unpaired) electrons. The number of hydrogen-bond donors (Lipinski definition) is 1. The van der Waals surface area contributed by atoms with Gasteiger partial charge in [0.1, 0.15) is 0 Å². The van der Waals surface area contributed by atoms with Gasteiger partial charge in [-0.2, -0.15) is 4.39 Å². The highest BCUT2D eigenvalue weighted by Crippen LogP contribution is 2.35. The molecule has 1 aliphatic heterocycles. The molecule has 1 fully saturated rings. The zero-order valence-corrected chi connectivity index (χ0v) is 11.3. The van der Waals surface area contributed by atoms with E-state index in [-0.39, 0.29) is 41.6 Å². The summed E-state index contributed by atoms with van der Waals surface area (Å²) in [6.45, 7) is 0.125. The smallest absolute Gasteiger partial charge is 0.306 e. The minimum absolute atomic E-state index is 0.136. The van der Waals surface area contributed by atoms with Gasteiger partial charge in [0.2, 0.25) is 11.7 Å². The van der Waals surface area contributed by atoms with E-state index < -0.39 is 16.4 Å². The van der Waals surface area contributed by atoms with Crippen LogP contribution in [0.2, 0.25) is 0 Å². The molecule has 1 saturated heterocycles. The van der Waals surface area contributed by atoms with E-state index in [1.165, 1.54) is 4.90 Å². The molecule has 102 valence electrons. The minimum atomic E-state index is -0.967. The van der Waals surface area contributed by atoms with Gasteiger partial charge in [-0.25, -0.2) is 0 Å². The fraction of sp³-hybridized carbons (Fsp3) is 0.364. The summed E-state index contributed by atoms with van der Waals surface area (Å²) in [6.07, 6.45) is 0.175. The molecule has 1 amide bonds. The second kappa shape index (κ2) is 5.22. The van der Waals surface area contributed by atoms with Crippen LogP contribution in [-0.4, -0.2) is 29.1 Å². The van der Waals surface area contributed by atoms with E-state index in [2.05, 4.69) is 15.9 Å². The Kier molecular flexibility index (Phi) is 3.81. The molecule has 0 bridgehead atoms. The number of carbonyl (C=O) groups is 1. The quantitative estimate of drug-likeness (QED) is 0.676. The molecule has 2 rings (SSSR count). The fourth-order valence-electron chi connectivity index (χ4n) is 2.01. The van der Waals surface area contributed by atoms with Gasteiger partial charge in [0, 0.05) is 36.0 Å². The minimum Gasteiger partial charge on any atom is -0.396 e. The lowest BCUT2D eigenvalue weighted by molar-refractivity contribution is -0.387. The van der Waals surface area contributed by atoms with Crippen molar-refractivity contribution in [3.8, 4) is 0 Å². The van der Waals surface area contributed by atoms with Crippen LogP contribution in [-0.2, 0) is 4.79 Å². The molecular formula is C11H10BrFN2O4. The number of aliphatic hydroxyl groups is 1. The first-order valence-corrected chi connectivity index (χ1v) is 6.28. The molecular weight excluding hydrogens is 323 g/mol. The SMILES string of the molecule is O=C1CC(CO)CN1c1cc([N+](=O)[O-])c(F)cc1Br. The van der Waals surface area contributed by atoms with Crippen molar-refractivity contribution in [3.63, 3.8) is 0 Å². The third kappa shape index (κ3) is 2.59. The first-order chi connectivity index (χ1) is 8.93. The van der Waals surface area contributed by atoms with Gasteiger partial charge in [-0.3, -0.25) is 14.9 Å². The van der Waals surface area contributed by atoms with E-state index in [4.69, 9.17) is 5.11 Å². The standard InChI is InChI=1S/C11H10BrFN2O4/c12-7-2-8(13)10(15(18)19)3-9(7)14-4-6(5-16)1-11(14)17/h2-3,6,16H,1,4-5H2. The van der Waals surface area contributed by atoms with Crippen LogP contribution in [0.1, 0.15) is 6.42 Å². The second-order valence-electron chi connectivity index (χ2n) is 4.27. The van der Waals surface area contributed by atoms with Gasteiger partial charge in [-0.05, 0) is 22.0 Å². The zero-order chi connectivity index (χ0) is 14.2. The summed E-state index contributed by atoms with van der Waals surface area (Å²) >= 11 is 3.09. The fourth-order valence-corrected chi connectivity index (χ4v) is 2.54. The molecule has 0 saturated carbocycles. The lowest BCUT2D eigenvalue weighted by Gasteiger charge is -2.18. The number of nitro benzene ring substituents is 1. The second-order valence-corrected chi connectivity index (χ2v) is 5.12. The number of carbonyl (C=O) groups excluding carboxylic acids is 1. The summed E-state index contributed by atoms with van der Waals surface area (Å²) in [7, 11) is 0. The predicted molar refractivity (Wildman–Crippen MR) is 68.3 cm³/mol. The number of halogens is 2. The van der Waals surface area contributed by atoms with E-state index in [0.29, 0.717) is 0 Å². The zero-order valence-electron chi connectivity index (χ0n) is 9.68. The van der Waals surface area contributed by atoms with Crippen molar-refractivity contribution in [3.05, 3.63) is 32.5 Å². The highest BCUT2D eigenvalue weighted by atomic mass is 79.9. The Morgan fingerprint density at radius 3 is 2.79 bits per heavy atom. The van der Waals surface area contributed by atoms with E-state index in [1.807, 2.05) is 0 Å². The Bertz CT molecular complexity index is 552. The molecule has 19 heavy (non-hydrogen) atoms. The molecule has 0 aromatic heterocycles. The van der Waals surface area contributed by atoms with Crippen LogP contribution in [0.25, 0.3) is 0 Å². The van der Waals surface area contributed by atoms with E-state index in [0.717, 1.165) is 12.1 Å². The van der Waals surface area contributed by atoms with Gasteiger partial charge in [-0.1, -0.05) is 0 Å². The van der Waals surface area contributed by atoms with Gasteiger partial charge >= 0.3 is 5.69 Å². The summed E-state index contributed by atoms with van der Waals surface area (Å²) in [5.74, 6) is -1.42. The van der Waals surface area contributed by atoms with Crippen LogP contribution in [0.4, 0.5) is 15.8 Å². The van der Waals surface area contributed by atoms with E-state index >= 15 is 0 Å². The molecule has 1 aromatic rings. The summed E-state index contributed by atoms with van der Waals surface area (Å²) < 4.78 is 13.7. The first-order valence-electron chi connectivity index (χ1n) is 5.48. The Labute approximate surface area is 116 Å². The summed E-state index contributed by atoms with van der Waals surface area (Å²) in [4.78, 5) is 23.0. The third-order valence-corrected chi connectivity index (χ3v) is 3.60. The maximum absolute atomic E-state index is 13.4. The topological polar surface area (TPSA) is 83.7 Å². The largest absolute Gasteiger partial charge is 0.396 e. The molecule has 8 heteroatoms. The average molecular weight is 333 g/mol. The lowest BCUT2D eigenvalue weighted by Crippen LogP contribution is -2.25. The number of amides is 1. The number of anilines is 1. The number of hydrogen-bond acceptors (Lipinski definition) is 4. The highest BCUT2D eigenvalue weighted by molar-refractivity contribution is 9.10. The Hall–Kier alpha value is -1.54. The Balaban J connectivity index is 2.42. The molecule has 1 atom stereocenters. The van der Waals surface area contributed by atoms with Crippen LogP contribution in [0.5, 0.6) is 0 Å². The van der Waals surface area contributed by atoms with E-state index in [9.17, 15) is 19.3 Å². The highest BCUT2D eigenvalue weighted by Gasteiger charge is 2.32. The number of rotatable bonds is 3. The number of aliphatic hydroxyl groups excluding tert-OH is 1. The van der Waals surface area contributed by atoms with Crippen LogP contribution >= 0.6 is 15.9 Å². The van der Waals surface area contributed by atoms with Gasteiger partial charge in [-0.15, -0.1) is 0 Å². The number of benzene rings is 1. The van der Waals surface area contributed by atoms with Crippen molar-refractivity contribution in [2.75, 3.05) is 18.1 Å². The molecule has 1 aliphatic rings. The molecule has 1 heterocycles. The Morgan fingerprint density at radius 1 is 1.58 bits per heavy atom. The summed E-state index contributed by atoms with van der Waals surface area (Å²) in [5, 5.41) is 19.8. The van der Waals surface area contributed by atoms with Gasteiger partial charge in [0.15, 0.2) is 0 Å². The molecule has 1 aromatic carbocycles. The molecule has 1 unspecified atom stereocenters. The van der Waals surface area contributed by atoms with E-state index in [1.54, 1.807) is 0 Å². The molecule has 6 nitrogen and oxygen atoms in total. The van der Waals surface area contributed by atoms with Crippen LogP contribution in [0.15, 0.2) is 16.6 Å². The van der Waals surface area contributed by atoms with Crippen molar-refractivity contribution < 1.29 is 19.2 Å². The number of nitrogens with zero attached hydrogens (tertiary/aromatic N) is 2. The third-order valence-electron chi connectivity index (χ3n) is 2.97. The molecule has 0 aliphatic carbocycles.